The molecule has 1 heterocycles. The van der Waals surface area contributed by atoms with Crippen LogP contribution in [0, 0.1) is 0 Å². The monoisotopic (exact) mass is 257 g/mol. The summed E-state index contributed by atoms with van der Waals surface area (Å²) in [6.07, 6.45) is 0. The maximum Gasteiger partial charge on any atom is 0.0508 e. The highest BCUT2D eigenvalue weighted by molar-refractivity contribution is 6.30. The van der Waals surface area contributed by atoms with E-state index in [-0.39, 0.29) is 0 Å². The van der Waals surface area contributed by atoms with E-state index in [0.717, 1.165) is 11.6 Å². The second kappa shape index (κ2) is 4.75. The minimum absolute atomic E-state index is 0.571. The molecular weight excluding hydrogens is 242 g/mol. The van der Waals surface area contributed by atoms with Crippen LogP contribution >= 0.6 is 11.6 Å². The number of hydrogen-bond acceptors (Lipinski definition) is 1. The van der Waals surface area contributed by atoms with Crippen LogP contribution in [0.3, 0.4) is 0 Å². The Kier molecular flexibility index (Phi) is 3.11. The van der Waals surface area contributed by atoms with E-state index < -0.39 is 0 Å². The average Bonchev–Trinajstić information content (AvgIpc) is 3.03. The van der Waals surface area contributed by atoms with Crippen molar-refractivity contribution in [2.24, 2.45) is 0 Å². The van der Waals surface area contributed by atoms with Crippen molar-refractivity contribution < 1.29 is 0 Å². The Morgan fingerprint density at radius 3 is 2.33 bits per heavy atom. The van der Waals surface area contributed by atoms with Crippen molar-refractivity contribution in [2.45, 2.75) is 25.6 Å². The molecule has 0 amide bonds. The summed E-state index contributed by atoms with van der Waals surface area (Å²) in [5.74, 6) is 0. The molecule has 1 saturated heterocycles. The molecule has 0 radical (unpaired) electrons. The highest BCUT2D eigenvalue weighted by Crippen LogP contribution is 2.43. The van der Waals surface area contributed by atoms with E-state index in [2.05, 4.69) is 54.3 Å². The first kappa shape index (κ1) is 11.8. The number of rotatable bonds is 3. The van der Waals surface area contributed by atoms with Gasteiger partial charge in [-0.2, -0.15) is 0 Å². The summed E-state index contributed by atoms with van der Waals surface area (Å²) in [6, 6.07) is 20.1. The normalized spacial score (nSPS) is 26.0. The second-order valence-electron chi connectivity index (χ2n) is 4.89. The summed E-state index contributed by atoms with van der Waals surface area (Å²) in [4.78, 5) is 2.50. The van der Waals surface area contributed by atoms with Crippen molar-refractivity contribution in [3.05, 3.63) is 70.7 Å². The molecule has 0 bridgehead atoms. The van der Waals surface area contributed by atoms with E-state index in [1.165, 1.54) is 11.1 Å². The first-order chi connectivity index (χ1) is 8.75. The van der Waals surface area contributed by atoms with Gasteiger partial charge in [0, 0.05) is 17.6 Å². The fourth-order valence-corrected chi connectivity index (χ4v) is 2.70. The smallest absolute Gasteiger partial charge is 0.0508 e. The van der Waals surface area contributed by atoms with Crippen molar-refractivity contribution >= 4 is 11.6 Å². The van der Waals surface area contributed by atoms with E-state index in [1.807, 2.05) is 12.1 Å². The van der Waals surface area contributed by atoms with Crippen molar-refractivity contribution in [1.29, 1.82) is 0 Å². The van der Waals surface area contributed by atoms with Crippen LogP contribution in [-0.2, 0) is 6.54 Å². The van der Waals surface area contributed by atoms with E-state index in [1.54, 1.807) is 0 Å². The van der Waals surface area contributed by atoms with Gasteiger partial charge >= 0.3 is 0 Å². The molecule has 0 saturated carbocycles. The molecule has 2 aromatic carbocycles. The summed E-state index contributed by atoms with van der Waals surface area (Å²) in [6.45, 7) is 3.28. The quantitative estimate of drug-likeness (QED) is 0.742. The summed E-state index contributed by atoms with van der Waals surface area (Å²) in [5, 5.41) is 0.803. The molecule has 1 nitrogen and oxygen atoms in total. The summed E-state index contributed by atoms with van der Waals surface area (Å²) >= 11 is 5.90. The molecule has 0 N–H and O–H groups in total. The molecule has 1 aliphatic rings. The molecule has 3 atom stereocenters. The maximum absolute atomic E-state index is 5.90. The second-order valence-corrected chi connectivity index (χ2v) is 5.33. The summed E-state index contributed by atoms with van der Waals surface area (Å²) in [7, 11) is 0. The van der Waals surface area contributed by atoms with Crippen molar-refractivity contribution in [3.8, 4) is 0 Å². The molecule has 3 rings (SSSR count). The highest BCUT2D eigenvalue weighted by atomic mass is 35.5. The lowest BCUT2D eigenvalue weighted by molar-refractivity contribution is 0.484. The van der Waals surface area contributed by atoms with E-state index in [0.29, 0.717) is 12.1 Å². The molecule has 2 aromatic rings. The third-order valence-electron chi connectivity index (χ3n) is 3.67. The fraction of sp³-hybridized carbons (Fsp3) is 0.250. The lowest BCUT2D eigenvalue weighted by Gasteiger charge is -2.04. The Balaban J connectivity index is 1.71. The predicted molar refractivity (Wildman–Crippen MR) is 75.6 cm³/mol. The van der Waals surface area contributed by atoms with Crippen LogP contribution < -0.4 is 0 Å². The molecule has 92 valence electrons. The van der Waals surface area contributed by atoms with Crippen LogP contribution in [0.15, 0.2) is 54.6 Å². The minimum atomic E-state index is 0.571. The molecule has 1 aliphatic heterocycles. The molecule has 0 aliphatic carbocycles. The van der Waals surface area contributed by atoms with Crippen molar-refractivity contribution in [1.82, 2.24) is 4.90 Å². The van der Waals surface area contributed by atoms with Gasteiger partial charge in [0.1, 0.15) is 0 Å². The van der Waals surface area contributed by atoms with Gasteiger partial charge in [-0.25, -0.2) is 0 Å². The SMILES string of the molecule is C[C@H]1[C@@H](c2ccccc2)N1Cc1ccc(Cl)cc1. The molecule has 1 unspecified atom stereocenters. The van der Waals surface area contributed by atoms with Gasteiger partial charge in [-0.15, -0.1) is 0 Å². The zero-order valence-corrected chi connectivity index (χ0v) is 11.1. The largest absolute Gasteiger partial charge is 0.286 e. The molecule has 18 heavy (non-hydrogen) atoms. The lowest BCUT2D eigenvalue weighted by Crippen LogP contribution is -2.00. The summed E-state index contributed by atoms with van der Waals surface area (Å²) < 4.78 is 0. The van der Waals surface area contributed by atoms with Gasteiger partial charge in [0.05, 0.1) is 6.04 Å². The van der Waals surface area contributed by atoms with Crippen LogP contribution in [0.2, 0.25) is 5.02 Å². The van der Waals surface area contributed by atoms with Crippen LogP contribution in [0.25, 0.3) is 0 Å². The first-order valence-electron chi connectivity index (χ1n) is 6.31. The summed E-state index contributed by atoms with van der Waals surface area (Å²) in [5.41, 5.74) is 2.74. The number of halogens is 1. The highest BCUT2D eigenvalue weighted by Gasteiger charge is 2.44. The molecule has 1 fully saturated rings. The van der Waals surface area contributed by atoms with Gasteiger partial charge in [-0.1, -0.05) is 54.1 Å². The topological polar surface area (TPSA) is 3.01 Å². The Labute approximate surface area is 113 Å². The number of benzene rings is 2. The Bertz CT molecular complexity index is 521. The minimum Gasteiger partial charge on any atom is -0.286 e. The zero-order chi connectivity index (χ0) is 12.5. The van der Waals surface area contributed by atoms with E-state index in [4.69, 9.17) is 11.6 Å². The van der Waals surface area contributed by atoms with Gasteiger partial charge in [-0.05, 0) is 30.2 Å². The molecular formula is C16H16ClN. The van der Waals surface area contributed by atoms with Gasteiger partial charge in [0.2, 0.25) is 0 Å². The molecule has 2 heteroatoms. The van der Waals surface area contributed by atoms with Crippen LogP contribution in [0.5, 0.6) is 0 Å². The van der Waals surface area contributed by atoms with Crippen molar-refractivity contribution in [2.75, 3.05) is 0 Å². The van der Waals surface area contributed by atoms with Gasteiger partial charge in [0.25, 0.3) is 0 Å². The van der Waals surface area contributed by atoms with Crippen LogP contribution in [0.4, 0.5) is 0 Å². The van der Waals surface area contributed by atoms with Gasteiger partial charge in [-0.3, -0.25) is 4.90 Å². The van der Waals surface area contributed by atoms with Crippen LogP contribution in [-0.4, -0.2) is 10.9 Å². The third kappa shape index (κ3) is 2.29. The number of hydrogen-bond donors (Lipinski definition) is 0. The fourth-order valence-electron chi connectivity index (χ4n) is 2.57. The maximum atomic E-state index is 5.90. The van der Waals surface area contributed by atoms with E-state index >= 15 is 0 Å². The third-order valence-corrected chi connectivity index (χ3v) is 3.92. The van der Waals surface area contributed by atoms with Crippen LogP contribution in [0.1, 0.15) is 24.1 Å². The zero-order valence-electron chi connectivity index (χ0n) is 10.4. The van der Waals surface area contributed by atoms with Gasteiger partial charge < -0.3 is 0 Å². The molecule has 0 spiro atoms. The van der Waals surface area contributed by atoms with Crippen molar-refractivity contribution in [3.63, 3.8) is 0 Å². The number of nitrogens with zero attached hydrogens (tertiary/aromatic N) is 1. The van der Waals surface area contributed by atoms with E-state index in [9.17, 15) is 0 Å². The Morgan fingerprint density at radius 2 is 1.67 bits per heavy atom. The molecule has 0 aromatic heterocycles. The lowest BCUT2D eigenvalue weighted by atomic mass is 10.1. The Hall–Kier alpha value is -1.31. The van der Waals surface area contributed by atoms with Gasteiger partial charge in [0.15, 0.2) is 0 Å². The average molecular weight is 258 g/mol. The Morgan fingerprint density at radius 1 is 1.00 bits per heavy atom. The standard InChI is InChI=1S/C16H16ClN/c1-12-16(14-5-3-2-4-6-14)18(12)11-13-7-9-15(17)10-8-13/h2-10,12,16H,11H2,1H3/t12-,16-,18?/m0/s1. The predicted octanol–water partition coefficient (Wildman–Crippen LogP) is 4.29. The first-order valence-corrected chi connectivity index (χ1v) is 6.68.